The first-order chi connectivity index (χ1) is 13.8. The summed E-state index contributed by atoms with van der Waals surface area (Å²) in [6.45, 7) is 0.539. The lowest BCUT2D eigenvalue weighted by Crippen LogP contribution is -2.32. The number of amides is 1. The molecule has 1 aromatic heterocycles. The van der Waals surface area contributed by atoms with Crippen molar-refractivity contribution in [2.75, 3.05) is 10.7 Å². The number of anilines is 1. The van der Waals surface area contributed by atoms with Crippen LogP contribution in [-0.4, -0.2) is 31.9 Å². The predicted molar refractivity (Wildman–Crippen MR) is 110 cm³/mol. The highest BCUT2D eigenvalue weighted by molar-refractivity contribution is 7.99. The Morgan fingerprint density at radius 2 is 1.71 bits per heavy atom. The molecule has 1 fully saturated rings. The number of carbonyl (C=O) groups excluding carboxylic acids is 1. The number of benzene rings is 2. The van der Waals surface area contributed by atoms with E-state index in [2.05, 4.69) is 15.5 Å². The van der Waals surface area contributed by atoms with Crippen LogP contribution in [-0.2, 0) is 11.3 Å². The van der Waals surface area contributed by atoms with E-state index in [1.165, 1.54) is 24.6 Å². The summed E-state index contributed by atoms with van der Waals surface area (Å²) in [7, 11) is 0. The number of hydrogen-bond donors (Lipinski definition) is 0. The van der Waals surface area contributed by atoms with Gasteiger partial charge in [0.05, 0.1) is 18.3 Å². The highest BCUT2D eigenvalue weighted by Crippen LogP contribution is 2.31. The van der Waals surface area contributed by atoms with Crippen LogP contribution in [0.4, 0.5) is 5.69 Å². The minimum absolute atomic E-state index is 0.0426. The molecule has 7 heteroatoms. The molecule has 28 heavy (non-hydrogen) atoms. The first-order valence-electron chi connectivity index (χ1n) is 9.61. The van der Waals surface area contributed by atoms with Gasteiger partial charge < -0.3 is 4.90 Å². The lowest BCUT2D eigenvalue weighted by molar-refractivity contribution is -0.116. The van der Waals surface area contributed by atoms with Gasteiger partial charge in [-0.1, -0.05) is 73.1 Å². The van der Waals surface area contributed by atoms with Crippen molar-refractivity contribution in [3.63, 3.8) is 0 Å². The Morgan fingerprint density at radius 1 is 1.04 bits per heavy atom. The average molecular weight is 394 g/mol. The maximum Gasteiger partial charge on any atom is 0.237 e. The van der Waals surface area contributed by atoms with E-state index >= 15 is 0 Å². The van der Waals surface area contributed by atoms with E-state index in [1.807, 2.05) is 70.2 Å². The first kappa shape index (κ1) is 18.7. The molecular formula is C21H23N5OS. The summed E-state index contributed by atoms with van der Waals surface area (Å²) in [5, 5.41) is 12.9. The normalized spacial score (nSPS) is 14.3. The molecule has 1 aliphatic carbocycles. The van der Waals surface area contributed by atoms with Gasteiger partial charge in [0.25, 0.3) is 0 Å². The van der Waals surface area contributed by atoms with E-state index in [0.717, 1.165) is 29.2 Å². The van der Waals surface area contributed by atoms with Crippen LogP contribution in [0.15, 0.2) is 65.8 Å². The highest BCUT2D eigenvalue weighted by atomic mass is 32.2. The summed E-state index contributed by atoms with van der Waals surface area (Å²) >= 11 is 1.42. The van der Waals surface area contributed by atoms with Gasteiger partial charge in [-0.15, -0.1) is 5.10 Å². The molecular weight excluding hydrogens is 370 g/mol. The number of tetrazole rings is 1. The fourth-order valence-corrected chi connectivity index (χ4v) is 4.38. The van der Waals surface area contributed by atoms with Crippen molar-refractivity contribution in [2.45, 2.75) is 43.4 Å². The summed E-state index contributed by atoms with van der Waals surface area (Å²) in [6, 6.07) is 20.2. The van der Waals surface area contributed by atoms with Crippen LogP contribution >= 0.6 is 11.8 Å². The summed E-state index contributed by atoms with van der Waals surface area (Å²) in [6.07, 6.45) is 4.65. The molecule has 144 valence electrons. The second-order valence-corrected chi connectivity index (χ2v) is 7.88. The number of carbonyl (C=O) groups is 1. The van der Waals surface area contributed by atoms with Gasteiger partial charge in [-0.2, -0.15) is 0 Å². The molecule has 0 atom stereocenters. The third-order valence-corrected chi connectivity index (χ3v) is 5.93. The predicted octanol–water partition coefficient (Wildman–Crippen LogP) is 4.11. The van der Waals surface area contributed by atoms with Crippen molar-refractivity contribution in [1.82, 2.24) is 20.2 Å². The van der Waals surface area contributed by atoms with Gasteiger partial charge in [-0.3, -0.25) is 4.79 Å². The number of rotatable bonds is 7. The van der Waals surface area contributed by atoms with E-state index in [4.69, 9.17) is 0 Å². The Morgan fingerprint density at radius 3 is 2.43 bits per heavy atom. The quantitative estimate of drug-likeness (QED) is 0.565. The molecule has 0 spiro atoms. The Balaban J connectivity index is 1.48. The zero-order valence-electron chi connectivity index (χ0n) is 15.6. The van der Waals surface area contributed by atoms with Gasteiger partial charge >= 0.3 is 0 Å². The van der Waals surface area contributed by atoms with Crippen molar-refractivity contribution >= 4 is 23.4 Å². The fourth-order valence-electron chi connectivity index (χ4n) is 3.56. The Bertz CT molecular complexity index is 893. The van der Waals surface area contributed by atoms with Gasteiger partial charge in [0.2, 0.25) is 11.1 Å². The molecule has 0 N–H and O–H groups in total. The zero-order chi connectivity index (χ0) is 19.2. The van der Waals surface area contributed by atoms with Gasteiger partial charge in [0.15, 0.2) is 0 Å². The maximum absolute atomic E-state index is 13.1. The Kier molecular flexibility index (Phi) is 6.01. The van der Waals surface area contributed by atoms with Gasteiger partial charge in [-0.25, -0.2) is 4.68 Å². The molecule has 0 radical (unpaired) electrons. The SMILES string of the molecule is O=C(CSc1nnnn1C1CCCC1)N(Cc1ccccc1)c1ccccc1. The Hall–Kier alpha value is -2.67. The van der Waals surface area contributed by atoms with Crippen LogP contribution in [0.25, 0.3) is 0 Å². The van der Waals surface area contributed by atoms with Crippen LogP contribution in [0, 0.1) is 0 Å². The first-order valence-corrected chi connectivity index (χ1v) is 10.6. The molecule has 3 aromatic rings. The molecule has 1 amide bonds. The van der Waals surface area contributed by atoms with E-state index in [-0.39, 0.29) is 5.91 Å². The van der Waals surface area contributed by atoms with Crippen molar-refractivity contribution in [1.29, 1.82) is 0 Å². The minimum atomic E-state index is 0.0426. The van der Waals surface area contributed by atoms with Crippen LogP contribution in [0.3, 0.4) is 0 Å². The van der Waals surface area contributed by atoms with Crippen molar-refractivity contribution < 1.29 is 4.79 Å². The molecule has 0 saturated heterocycles. The van der Waals surface area contributed by atoms with E-state index in [0.29, 0.717) is 18.3 Å². The maximum atomic E-state index is 13.1. The zero-order valence-corrected chi connectivity index (χ0v) is 16.5. The molecule has 4 rings (SSSR count). The highest BCUT2D eigenvalue weighted by Gasteiger charge is 2.23. The Labute approximate surface area is 168 Å². The van der Waals surface area contributed by atoms with Gasteiger partial charge in [0.1, 0.15) is 0 Å². The van der Waals surface area contributed by atoms with Crippen molar-refractivity contribution in [3.05, 3.63) is 66.2 Å². The monoisotopic (exact) mass is 393 g/mol. The van der Waals surface area contributed by atoms with Crippen LogP contribution in [0.5, 0.6) is 0 Å². The fraction of sp³-hybridized carbons (Fsp3) is 0.333. The van der Waals surface area contributed by atoms with Crippen LogP contribution in [0.1, 0.15) is 37.3 Å². The molecule has 6 nitrogen and oxygen atoms in total. The van der Waals surface area contributed by atoms with Crippen LogP contribution < -0.4 is 4.90 Å². The number of thioether (sulfide) groups is 1. The molecule has 0 bridgehead atoms. The summed E-state index contributed by atoms with van der Waals surface area (Å²) < 4.78 is 1.90. The smallest absolute Gasteiger partial charge is 0.237 e. The number of aromatic nitrogens is 4. The van der Waals surface area contributed by atoms with Gasteiger partial charge in [0, 0.05) is 5.69 Å². The summed E-state index contributed by atoms with van der Waals surface area (Å²) in [5.74, 6) is 0.343. The molecule has 1 aliphatic rings. The largest absolute Gasteiger partial charge is 0.307 e. The lowest BCUT2D eigenvalue weighted by atomic mass is 10.2. The second-order valence-electron chi connectivity index (χ2n) is 6.93. The molecule has 1 heterocycles. The molecule has 1 saturated carbocycles. The van der Waals surface area contributed by atoms with E-state index < -0.39 is 0 Å². The van der Waals surface area contributed by atoms with Crippen molar-refractivity contribution in [2.24, 2.45) is 0 Å². The number of para-hydroxylation sites is 1. The topological polar surface area (TPSA) is 63.9 Å². The summed E-state index contributed by atoms with van der Waals surface area (Å²) in [4.78, 5) is 14.9. The average Bonchev–Trinajstić information content (AvgIpc) is 3.43. The third-order valence-electron chi connectivity index (χ3n) is 5.01. The standard InChI is InChI=1S/C21H23N5OS/c27-20(16-28-21-22-23-24-26(21)19-13-7-8-14-19)25(18-11-5-2-6-12-18)15-17-9-3-1-4-10-17/h1-6,9-12,19H,7-8,13-16H2. The van der Waals surface area contributed by atoms with Gasteiger partial charge in [-0.05, 0) is 41.0 Å². The third kappa shape index (κ3) is 4.42. The van der Waals surface area contributed by atoms with Crippen molar-refractivity contribution in [3.8, 4) is 0 Å². The van der Waals surface area contributed by atoms with E-state index in [9.17, 15) is 4.79 Å². The summed E-state index contributed by atoms with van der Waals surface area (Å²) in [5.41, 5.74) is 1.99. The lowest BCUT2D eigenvalue weighted by Gasteiger charge is -2.23. The van der Waals surface area contributed by atoms with E-state index in [1.54, 1.807) is 0 Å². The number of hydrogen-bond acceptors (Lipinski definition) is 5. The molecule has 0 unspecified atom stereocenters. The second kappa shape index (κ2) is 9.01. The van der Waals surface area contributed by atoms with Crippen LogP contribution in [0.2, 0.25) is 0 Å². The molecule has 0 aliphatic heterocycles. The molecule has 2 aromatic carbocycles. The minimum Gasteiger partial charge on any atom is -0.307 e. The number of nitrogens with zero attached hydrogens (tertiary/aromatic N) is 5.